The van der Waals surface area contributed by atoms with Crippen LogP contribution in [0.3, 0.4) is 0 Å². The number of sulfonamides is 1. The Morgan fingerprint density at radius 2 is 1.95 bits per heavy atom. The zero-order valence-electron chi connectivity index (χ0n) is 11.5. The van der Waals surface area contributed by atoms with Crippen LogP contribution in [0.25, 0.3) is 0 Å². The number of aromatic nitrogens is 3. The quantitative estimate of drug-likeness (QED) is 0.729. The van der Waals surface area contributed by atoms with Crippen LogP contribution >= 0.6 is 0 Å². The molecule has 8 nitrogen and oxygen atoms in total. The first-order chi connectivity index (χ1) is 10.6. The minimum absolute atomic E-state index is 0.0426. The molecule has 0 unspecified atom stereocenters. The second-order valence-corrected chi connectivity index (χ2v) is 5.93. The molecule has 2 aromatic rings. The Balaban J connectivity index is 1.75. The number of rotatable bonds is 7. The molecule has 0 aliphatic rings. The maximum Gasteiger partial charge on any atom is 0.307 e. The molecule has 2 heterocycles. The van der Waals surface area contributed by atoms with E-state index < -0.39 is 16.0 Å². The first kappa shape index (κ1) is 16.0. The Labute approximate surface area is 127 Å². The summed E-state index contributed by atoms with van der Waals surface area (Å²) in [5, 5.41) is 0. The average molecular weight is 322 g/mol. The molecule has 0 atom stereocenters. The van der Waals surface area contributed by atoms with Gasteiger partial charge < -0.3 is 4.74 Å². The van der Waals surface area contributed by atoms with Crippen molar-refractivity contribution in [3.8, 4) is 0 Å². The number of hydrogen-bond donors (Lipinski definition) is 1. The monoisotopic (exact) mass is 322 g/mol. The van der Waals surface area contributed by atoms with Gasteiger partial charge >= 0.3 is 5.97 Å². The molecular formula is C13H14N4O4S. The highest BCUT2D eigenvalue weighted by molar-refractivity contribution is 7.89. The van der Waals surface area contributed by atoms with Gasteiger partial charge in [0.25, 0.3) is 0 Å². The van der Waals surface area contributed by atoms with Crippen molar-refractivity contribution < 1.29 is 17.9 Å². The van der Waals surface area contributed by atoms with E-state index >= 15 is 0 Å². The molecule has 0 spiro atoms. The highest BCUT2D eigenvalue weighted by Gasteiger charge is 2.14. The van der Waals surface area contributed by atoms with Gasteiger partial charge in [-0.15, -0.1) is 0 Å². The Morgan fingerprint density at radius 3 is 2.64 bits per heavy atom. The molecule has 0 aromatic carbocycles. The predicted molar refractivity (Wildman–Crippen MR) is 75.9 cm³/mol. The number of nitrogens with one attached hydrogen (secondary N) is 1. The number of esters is 1. The maximum absolute atomic E-state index is 11.9. The third kappa shape index (κ3) is 4.86. The number of nitrogens with zero attached hydrogens (tertiary/aromatic N) is 3. The van der Waals surface area contributed by atoms with E-state index in [1.807, 2.05) is 0 Å². The number of pyridine rings is 1. The van der Waals surface area contributed by atoms with Gasteiger partial charge in [0.05, 0.1) is 6.42 Å². The van der Waals surface area contributed by atoms with E-state index in [0.717, 1.165) is 0 Å². The summed E-state index contributed by atoms with van der Waals surface area (Å²) in [6.45, 7) is -0.110. The topological polar surface area (TPSA) is 111 Å². The standard InChI is InChI=1S/C13H14N4O4S/c18-13(21-10-12-15-6-2-7-16-12)4-8-17-22(19,20)11-3-1-5-14-9-11/h1-3,5-7,9,17H,4,8,10H2. The van der Waals surface area contributed by atoms with Crippen LogP contribution < -0.4 is 4.72 Å². The third-order valence-electron chi connectivity index (χ3n) is 2.55. The lowest BCUT2D eigenvalue weighted by Crippen LogP contribution is -2.26. The van der Waals surface area contributed by atoms with Crippen molar-refractivity contribution in [2.24, 2.45) is 0 Å². The second-order valence-electron chi connectivity index (χ2n) is 4.16. The molecule has 0 aliphatic carbocycles. The van der Waals surface area contributed by atoms with Crippen LogP contribution in [0.4, 0.5) is 0 Å². The van der Waals surface area contributed by atoms with Gasteiger partial charge in [0.1, 0.15) is 4.90 Å². The number of carbonyl (C=O) groups is 1. The first-order valence-electron chi connectivity index (χ1n) is 6.39. The van der Waals surface area contributed by atoms with E-state index in [9.17, 15) is 13.2 Å². The van der Waals surface area contributed by atoms with E-state index in [2.05, 4.69) is 19.7 Å². The van der Waals surface area contributed by atoms with Gasteiger partial charge in [-0.1, -0.05) is 0 Å². The van der Waals surface area contributed by atoms with Gasteiger partial charge in [-0.2, -0.15) is 0 Å². The van der Waals surface area contributed by atoms with Gasteiger partial charge in [0, 0.05) is 31.3 Å². The summed E-state index contributed by atoms with van der Waals surface area (Å²) in [6, 6.07) is 4.58. The molecule has 0 aliphatic heterocycles. The highest BCUT2D eigenvalue weighted by Crippen LogP contribution is 2.05. The molecule has 2 aromatic heterocycles. The highest BCUT2D eigenvalue weighted by atomic mass is 32.2. The largest absolute Gasteiger partial charge is 0.457 e. The lowest BCUT2D eigenvalue weighted by Gasteiger charge is -2.06. The fourth-order valence-electron chi connectivity index (χ4n) is 1.50. The molecule has 116 valence electrons. The minimum atomic E-state index is -3.67. The summed E-state index contributed by atoms with van der Waals surface area (Å²) in [7, 11) is -3.67. The lowest BCUT2D eigenvalue weighted by atomic mass is 10.4. The SMILES string of the molecule is O=C(CCNS(=O)(=O)c1cccnc1)OCc1ncccn1. The third-order valence-corrected chi connectivity index (χ3v) is 3.99. The Hall–Kier alpha value is -2.39. The van der Waals surface area contributed by atoms with Crippen molar-refractivity contribution in [2.45, 2.75) is 17.9 Å². The molecule has 0 saturated carbocycles. The number of ether oxygens (including phenoxy) is 1. The lowest BCUT2D eigenvalue weighted by molar-refractivity contribution is -0.145. The normalized spacial score (nSPS) is 11.1. The van der Waals surface area contributed by atoms with E-state index in [1.165, 1.54) is 36.9 Å². The molecule has 0 saturated heterocycles. The molecule has 0 bridgehead atoms. The van der Waals surface area contributed by atoms with E-state index in [4.69, 9.17) is 4.74 Å². The summed E-state index contributed by atoms with van der Waals surface area (Å²) in [5.74, 6) is -0.159. The summed E-state index contributed by atoms with van der Waals surface area (Å²) >= 11 is 0. The molecule has 2 rings (SSSR count). The molecular weight excluding hydrogens is 308 g/mol. The summed E-state index contributed by atoms with van der Waals surface area (Å²) in [6.07, 6.45) is 5.69. The van der Waals surface area contributed by atoms with Crippen LogP contribution in [0.1, 0.15) is 12.2 Å². The van der Waals surface area contributed by atoms with Crippen molar-refractivity contribution >= 4 is 16.0 Å². The predicted octanol–water partition coefficient (Wildman–Crippen LogP) is 0.283. The van der Waals surface area contributed by atoms with Crippen molar-refractivity contribution in [3.05, 3.63) is 48.8 Å². The van der Waals surface area contributed by atoms with Crippen molar-refractivity contribution in [2.75, 3.05) is 6.54 Å². The summed E-state index contributed by atoms with van der Waals surface area (Å²) in [5.41, 5.74) is 0. The Kier molecular flexibility index (Phi) is 5.50. The minimum Gasteiger partial charge on any atom is -0.457 e. The van der Waals surface area contributed by atoms with E-state index in [-0.39, 0.29) is 24.5 Å². The average Bonchev–Trinajstić information content (AvgIpc) is 2.54. The summed E-state index contributed by atoms with van der Waals surface area (Å²) < 4.78 is 31.0. The molecule has 1 N–H and O–H groups in total. The zero-order chi connectivity index (χ0) is 15.8. The molecule has 0 radical (unpaired) electrons. The van der Waals surface area contributed by atoms with Gasteiger partial charge in [0.15, 0.2) is 12.4 Å². The van der Waals surface area contributed by atoms with Crippen LogP contribution in [-0.4, -0.2) is 35.9 Å². The van der Waals surface area contributed by atoms with Gasteiger partial charge in [-0.05, 0) is 18.2 Å². The Morgan fingerprint density at radius 1 is 1.18 bits per heavy atom. The van der Waals surface area contributed by atoms with Crippen molar-refractivity contribution in [1.82, 2.24) is 19.7 Å². The fraction of sp³-hybridized carbons (Fsp3) is 0.231. The van der Waals surface area contributed by atoms with Crippen LogP contribution in [0.5, 0.6) is 0 Å². The van der Waals surface area contributed by atoms with Gasteiger partial charge in [-0.3, -0.25) is 9.78 Å². The fourth-order valence-corrected chi connectivity index (χ4v) is 2.49. The van der Waals surface area contributed by atoms with Crippen LogP contribution in [0.15, 0.2) is 47.9 Å². The number of hydrogen-bond acceptors (Lipinski definition) is 7. The molecule has 22 heavy (non-hydrogen) atoms. The zero-order valence-corrected chi connectivity index (χ0v) is 12.4. The van der Waals surface area contributed by atoms with Gasteiger partial charge in [0.2, 0.25) is 10.0 Å². The van der Waals surface area contributed by atoms with Gasteiger partial charge in [-0.25, -0.2) is 23.1 Å². The van der Waals surface area contributed by atoms with Crippen LogP contribution in [0, 0.1) is 0 Å². The first-order valence-corrected chi connectivity index (χ1v) is 7.87. The smallest absolute Gasteiger partial charge is 0.307 e. The van der Waals surface area contributed by atoms with Crippen LogP contribution in [0.2, 0.25) is 0 Å². The number of carbonyl (C=O) groups excluding carboxylic acids is 1. The van der Waals surface area contributed by atoms with E-state index in [0.29, 0.717) is 5.82 Å². The van der Waals surface area contributed by atoms with Crippen molar-refractivity contribution in [3.63, 3.8) is 0 Å². The summed E-state index contributed by atoms with van der Waals surface area (Å²) in [4.78, 5) is 23.1. The molecule has 9 heteroatoms. The van der Waals surface area contributed by atoms with Crippen molar-refractivity contribution in [1.29, 1.82) is 0 Å². The van der Waals surface area contributed by atoms with E-state index in [1.54, 1.807) is 6.07 Å². The maximum atomic E-state index is 11.9. The molecule has 0 amide bonds. The van der Waals surface area contributed by atoms with Crippen LogP contribution in [-0.2, 0) is 26.2 Å². The Bertz CT molecular complexity index is 707. The molecule has 0 fully saturated rings. The second kappa shape index (κ2) is 7.57.